The van der Waals surface area contributed by atoms with Crippen LogP contribution in [-0.4, -0.2) is 22.1 Å². The van der Waals surface area contributed by atoms with Crippen LogP contribution in [0.5, 0.6) is 5.75 Å². The maximum absolute atomic E-state index is 12.1. The molecule has 1 heterocycles. The molecule has 0 saturated heterocycles. The summed E-state index contributed by atoms with van der Waals surface area (Å²) in [5.74, 6) is -1.01. The lowest BCUT2D eigenvalue weighted by atomic mass is 10.1. The largest absolute Gasteiger partial charge is 0.502 e. The molecular weight excluding hydrogens is 351 g/mol. The Morgan fingerprint density at radius 1 is 1.25 bits per heavy atom. The van der Waals surface area contributed by atoms with Crippen molar-refractivity contribution in [1.29, 1.82) is 0 Å². The third-order valence-electron chi connectivity index (χ3n) is 3.80. The van der Waals surface area contributed by atoms with Crippen molar-refractivity contribution in [1.82, 2.24) is 9.88 Å². The molecule has 2 aromatic rings. The van der Waals surface area contributed by atoms with Crippen molar-refractivity contribution >= 4 is 29.1 Å². The van der Waals surface area contributed by atoms with Gasteiger partial charge in [0.2, 0.25) is 0 Å². The van der Waals surface area contributed by atoms with Crippen molar-refractivity contribution in [2.75, 3.05) is 6.54 Å². The Labute approximate surface area is 149 Å². The topological polar surface area (TPSA) is 71.3 Å². The number of halogens is 2. The third kappa shape index (κ3) is 4.10. The van der Waals surface area contributed by atoms with E-state index in [1.165, 1.54) is 17.7 Å². The van der Waals surface area contributed by atoms with Gasteiger partial charge in [0.05, 0.1) is 15.6 Å². The van der Waals surface area contributed by atoms with E-state index in [1.54, 1.807) is 19.1 Å². The summed E-state index contributed by atoms with van der Waals surface area (Å²) in [4.78, 5) is 23.9. The number of carbonyl (C=O) groups excluding carboxylic acids is 1. The first-order valence-corrected chi connectivity index (χ1v) is 8.18. The van der Waals surface area contributed by atoms with E-state index in [0.717, 1.165) is 12.0 Å². The Hall–Kier alpha value is -1.98. The first-order valence-electron chi connectivity index (χ1n) is 7.43. The molecule has 0 radical (unpaired) electrons. The highest BCUT2D eigenvalue weighted by molar-refractivity contribution is 6.42. The van der Waals surface area contributed by atoms with Gasteiger partial charge in [-0.05, 0) is 43.5 Å². The van der Waals surface area contributed by atoms with Gasteiger partial charge in [0.1, 0.15) is 0 Å². The molecule has 1 amide bonds. The number of carbonyl (C=O) groups is 1. The predicted molar refractivity (Wildman–Crippen MR) is 95.2 cm³/mol. The zero-order chi connectivity index (χ0) is 17.9. The first-order chi connectivity index (χ1) is 11.3. The summed E-state index contributed by atoms with van der Waals surface area (Å²) < 4.78 is 1.29. The minimum Gasteiger partial charge on any atom is -0.502 e. The predicted octanol–water partition coefficient (Wildman–Crippen LogP) is 3.07. The minimum absolute atomic E-state index is 0.00913. The quantitative estimate of drug-likeness (QED) is 0.796. The fourth-order valence-electron chi connectivity index (χ4n) is 2.27. The molecule has 1 aromatic carbocycles. The van der Waals surface area contributed by atoms with Crippen LogP contribution in [0.25, 0.3) is 0 Å². The van der Waals surface area contributed by atoms with Crippen molar-refractivity contribution in [3.8, 4) is 5.75 Å². The summed E-state index contributed by atoms with van der Waals surface area (Å²) in [5, 5.41) is 13.6. The molecule has 0 aliphatic carbocycles. The van der Waals surface area contributed by atoms with Crippen molar-refractivity contribution in [2.24, 2.45) is 7.05 Å². The fraction of sp³-hybridized carbons (Fsp3) is 0.294. The van der Waals surface area contributed by atoms with Gasteiger partial charge < -0.3 is 15.0 Å². The molecule has 2 N–H and O–H groups in total. The Morgan fingerprint density at radius 3 is 2.62 bits per heavy atom. The molecule has 0 bridgehead atoms. The van der Waals surface area contributed by atoms with Crippen LogP contribution in [0, 0.1) is 6.92 Å². The first kappa shape index (κ1) is 18.4. The van der Waals surface area contributed by atoms with Crippen LogP contribution in [0.4, 0.5) is 0 Å². The van der Waals surface area contributed by atoms with Gasteiger partial charge in [0, 0.05) is 19.3 Å². The minimum atomic E-state index is -0.587. The molecule has 0 saturated carbocycles. The van der Waals surface area contributed by atoms with Gasteiger partial charge in [-0.2, -0.15) is 0 Å². The monoisotopic (exact) mass is 368 g/mol. The lowest BCUT2D eigenvalue weighted by Gasteiger charge is -2.10. The molecule has 0 fully saturated rings. The van der Waals surface area contributed by atoms with E-state index in [-0.39, 0.29) is 5.56 Å². The molecule has 5 nitrogen and oxygen atoms in total. The van der Waals surface area contributed by atoms with Gasteiger partial charge in [0.15, 0.2) is 5.75 Å². The normalized spacial score (nSPS) is 10.7. The summed E-state index contributed by atoms with van der Waals surface area (Å²) in [5.41, 5.74) is 1.02. The van der Waals surface area contributed by atoms with E-state index in [1.807, 2.05) is 6.07 Å². The lowest BCUT2D eigenvalue weighted by molar-refractivity contribution is 0.0950. The molecule has 2 rings (SSSR count). The van der Waals surface area contributed by atoms with E-state index in [2.05, 4.69) is 5.32 Å². The molecule has 24 heavy (non-hydrogen) atoms. The van der Waals surface area contributed by atoms with E-state index >= 15 is 0 Å². The maximum Gasteiger partial charge on any atom is 0.293 e. The van der Waals surface area contributed by atoms with Crippen molar-refractivity contribution in [3.05, 3.63) is 61.5 Å². The van der Waals surface area contributed by atoms with Crippen LogP contribution in [0.3, 0.4) is 0 Å². The van der Waals surface area contributed by atoms with Crippen molar-refractivity contribution in [3.63, 3.8) is 0 Å². The molecule has 0 spiro atoms. The number of benzene rings is 1. The summed E-state index contributed by atoms with van der Waals surface area (Å²) in [6.45, 7) is 2.11. The summed E-state index contributed by atoms with van der Waals surface area (Å²) in [6.07, 6.45) is 1.41. The summed E-state index contributed by atoms with van der Waals surface area (Å²) in [6, 6.07) is 6.90. The average Bonchev–Trinajstić information content (AvgIpc) is 2.56. The van der Waals surface area contributed by atoms with E-state index in [4.69, 9.17) is 23.2 Å². The molecule has 0 aliphatic heterocycles. The van der Waals surface area contributed by atoms with Crippen molar-refractivity contribution < 1.29 is 9.90 Å². The average molecular weight is 369 g/mol. The summed E-state index contributed by atoms with van der Waals surface area (Å²) >= 11 is 11.8. The van der Waals surface area contributed by atoms with Gasteiger partial charge in [-0.1, -0.05) is 29.3 Å². The second-order valence-electron chi connectivity index (χ2n) is 5.52. The van der Waals surface area contributed by atoms with Crippen LogP contribution in [0.1, 0.15) is 28.0 Å². The number of hydrogen-bond donors (Lipinski definition) is 2. The number of amides is 1. The lowest BCUT2D eigenvalue weighted by Crippen LogP contribution is -2.28. The van der Waals surface area contributed by atoms with E-state index < -0.39 is 17.2 Å². The van der Waals surface area contributed by atoms with Gasteiger partial charge in [-0.25, -0.2) is 0 Å². The van der Waals surface area contributed by atoms with Gasteiger partial charge in [-0.3, -0.25) is 9.59 Å². The smallest absolute Gasteiger partial charge is 0.293 e. The zero-order valence-corrected chi connectivity index (χ0v) is 14.9. The molecular formula is C17H18Cl2N2O3. The van der Waals surface area contributed by atoms with Crippen LogP contribution < -0.4 is 10.9 Å². The third-order valence-corrected chi connectivity index (χ3v) is 4.54. The number of aromatic nitrogens is 1. The molecule has 1 aromatic heterocycles. The molecule has 7 heteroatoms. The second-order valence-corrected chi connectivity index (χ2v) is 6.33. The highest BCUT2D eigenvalue weighted by Crippen LogP contribution is 2.23. The molecule has 0 aliphatic rings. The van der Waals surface area contributed by atoms with Gasteiger partial charge in [-0.15, -0.1) is 0 Å². The fourth-order valence-corrected chi connectivity index (χ4v) is 2.59. The SMILES string of the molecule is Cc1cc(C(=O)NCCCc2ccc(Cl)c(Cl)c2)c(O)c(=O)n1C. The van der Waals surface area contributed by atoms with Gasteiger partial charge in [0.25, 0.3) is 11.5 Å². The van der Waals surface area contributed by atoms with Gasteiger partial charge >= 0.3 is 0 Å². The van der Waals surface area contributed by atoms with Crippen LogP contribution in [-0.2, 0) is 13.5 Å². The summed E-state index contributed by atoms with van der Waals surface area (Å²) in [7, 11) is 1.54. The van der Waals surface area contributed by atoms with E-state index in [9.17, 15) is 14.7 Å². The number of rotatable bonds is 5. The number of hydrogen-bond acceptors (Lipinski definition) is 3. The Balaban J connectivity index is 1.94. The number of nitrogens with zero attached hydrogens (tertiary/aromatic N) is 1. The highest BCUT2D eigenvalue weighted by Gasteiger charge is 2.16. The molecule has 128 valence electrons. The standard InChI is InChI=1S/C17H18Cl2N2O3/c1-10-8-12(15(22)17(24)21(10)2)16(23)20-7-3-4-11-5-6-13(18)14(19)9-11/h5-6,8-9,22H,3-4,7H2,1-2H3,(H,20,23). The van der Waals surface area contributed by atoms with Crippen LogP contribution in [0.2, 0.25) is 10.0 Å². The second kappa shape index (κ2) is 7.73. The van der Waals surface area contributed by atoms with E-state index in [0.29, 0.717) is 28.7 Å². The molecule has 0 unspecified atom stereocenters. The Morgan fingerprint density at radius 2 is 1.96 bits per heavy atom. The maximum atomic E-state index is 12.1. The van der Waals surface area contributed by atoms with Crippen molar-refractivity contribution in [2.45, 2.75) is 19.8 Å². The number of aromatic hydroxyl groups is 1. The number of nitrogens with one attached hydrogen (secondary N) is 1. The Kier molecular flexibility index (Phi) is 5.91. The Bertz CT molecular complexity index is 831. The number of pyridine rings is 1. The van der Waals surface area contributed by atoms with Crippen LogP contribution in [0.15, 0.2) is 29.1 Å². The number of aryl methyl sites for hydroxylation is 2. The zero-order valence-electron chi connectivity index (χ0n) is 13.4. The highest BCUT2D eigenvalue weighted by atomic mass is 35.5. The molecule has 0 atom stereocenters. The van der Waals surface area contributed by atoms with Crippen LogP contribution >= 0.6 is 23.2 Å².